The summed E-state index contributed by atoms with van der Waals surface area (Å²) >= 11 is -2.66. The SMILES string of the molecule is CCCCCCCCCCCC(=O)[O][Sn]([CH2]CC)([CH2]CC)[CH2]CCC. The Morgan fingerprint density at radius 1 is 0.600 bits per heavy atom. The number of carbonyl (C=O) groups is 1. The van der Waals surface area contributed by atoms with E-state index in [1.165, 1.54) is 90.4 Å². The summed E-state index contributed by atoms with van der Waals surface area (Å²) in [6.45, 7) is 9.02. The van der Waals surface area contributed by atoms with Crippen molar-refractivity contribution in [2.75, 3.05) is 0 Å². The molecule has 150 valence electrons. The van der Waals surface area contributed by atoms with Gasteiger partial charge in [0.1, 0.15) is 0 Å². The average Bonchev–Trinajstić information content (AvgIpc) is 2.59. The molecule has 0 aliphatic rings. The molecule has 0 aromatic heterocycles. The number of rotatable bonds is 18. The molecule has 0 radical (unpaired) electrons. The standard InChI is InChI=1S/C12H24O2.C4H9.2C3H7.Sn/c1-2-3-4-5-6-7-8-9-10-11-12(13)14;1-3-4-2;2*1-3-2;/h2-11H2,1H3,(H,13,14);1,3-4H2,2H3;2*1,3H2,2H3;/q;;;;+1/p-1. The van der Waals surface area contributed by atoms with Gasteiger partial charge in [0, 0.05) is 0 Å². The van der Waals surface area contributed by atoms with Gasteiger partial charge in [0.15, 0.2) is 0 Å². The van der Waals surface area contributed by atoms with E-state index in [1.54, 1.807) is 0 Å². The number of hydrogen-bond donors (Lipinski definition) is 0. The zero-order valence-electron chi connectivity index (χ0n) is 17.8. The Balaban J connectivity index is 4.00. The summed E-state index contributed by atoms with van der Waals surface area (Å²) in [4.78, 5) is 12.4. The second kappa shape index (κ2) is 17.7. The molecule has 0 fully saturated rings. The van der Waals surface area contributed by atoms with Crippen LogP contribution in [-0.2, 0) is 7.87 Å². The first-order valence-corrected chi connectivity index (χ1v) is 18.6. The fourth-order valence-electron chi connectivity index (χ4n) is 3.81. The third-order valence-electron chi connectivity index (χ3n) is 5.21. The minimum atomic E-state index is -2.66. The minimum absolute atomic E-state index is 0.136. The van der Waals surface area contributed by atoms with Gasteiger partial charge in [-0.1, -0.05) is 6.92 Å². The summed E-state index contributed by atoms with van der Waals surface area (Å²) in [6.07, 6.45) is 17.2. The molecular formula is C22H46O2Sn. The molecule has 0 aromatic rings. The van der Waals surface area contributed by atoms with Crippen molar-refractivity contribution in [2.24, 2.45) is 0 Å². The predicted octanol–water partition coefficient (Wildman–Crippen LogP) is 8.02. The summed E-state index contributed by atoms with van der Waals surface area (Å²) in [6, 6.07) is 0. The Labute approximate surface area is 163 Å². The van der Waals surface area contributed by atoms with Crippen molar-refractivity contribution in [3.05, 3.63) is 0 Å². The normalized spacial score (nSPS) is 11.7. The van der Waals surface area contributed by atoms with Gasteiger partial charge in [-0.2, -0.15) is 0 Å². The molecule has 0 N–H and O–H groups in total. The predicted molar refractivity (Wildman–Crippen MR) is 114 cm³/mol. The van der Waals surface area contributed by atoms with Crippen molar-refractivity contribution in [2.45, 2.75) is 131 Å². The van der Waals surface area contributed by atoms with Crippen LogP contribution in [0, 0.1) is 0 Å². The van der Waals surface area contributed by atoms with Crippen molar-refractivity contribution < 1.29 is 7.87 Å². The van der Waals surface area contributed by atoms with E-state index in [2.05, 4.69) is 27.7 Å². The summed E-state index contributed by atoms with van der Waals surface area (Å²) in [5.41, 5.74) is 0. The van der Waals surface area contributed by atoms with E-state index < -0.39 is 18.8 Å². The van der Waals surface area contributed by atoms with Gasteiger partial charge < -0.3 is 0 Å². The third kappa shape index (κ3) is 14.0. The van der Waals surface area contributed by atoms with Gasteiger partial charge in [0.2, 0.25) is 0 Å². The second-order valence-corrected chi connectivity index (χ2v) is 19.5. The van der Waals surface area contributed by atoms with Crippen LogP contribution in [0.25, 0.3) is 0 Å². The van der Waals surface area contributed by atoms with E-state index in [-0.39, 0.29) is 5.97 Å². The van der Waals surface area contributed by atoms with E-state index >= 15 is 0 Å². The van der Waals surface area contributed by atoms with E-state index in [9.17, 15) is 4.79 Å². The van der Waals surface area contributed by atoms with Gasteiger partial charge in [-0.3, -0.25) is 0 Å². The molecule has 0 saturated heterocycles. The molecule has 0 atom stereocenters. The van der Waals surface area contributed by atoms with Gasteiger partial charge in [-0.15, -0.1) is 0 Å². The van der Waals surface area contributed by atoms with Gasteiger partial charge in [-0.05, 0) is 0 Å². The molecule has 0 bridgehead atoms. The molecule has 0 heterocycles. The van der Waals surface area contributed by atoms with Crippen LogP contribution in [0.3, 0.4) is 0 Å². The van der Waals surface area contributed by atoms with Crippen LogP contribution >= 0.6 is 0 Å². The van der Waals surface area contributed by atoms with E-state index in [1.807, 2.05) is 0 Å². The van der Waals surface area contributed by atoms with Crippen LogP contribution < -0.4 is 0 Å². The molecule has 3 heteroatoms. The molecule has 0 saturated carbocycles. The van der Waals surface area contributed by atoms with Crippen molar-refractivity contribution in [3.8, 4) is 0 Å². The molecular weight excluding hydrogens is 415 g/mol. The van der Waals surface area contributed by atoms with Crippen LogP contribution in [0.5, 0.6) is 0 Å². The molecule has 0 aliphatic heterocycles. The van der Waals surface area contributed by atoms with Crippen molar-refractivity contribution in [1.82, 2.24) is 0 Å². The zero-order valence-corrected chi connectivity index (χ0v) is 20.7. The average molecular weight is 461 g/mol. The first-order valence-electron chi connectivity index (χ1n) is 11.4. The van der Waals surface area contributed by atoms with E-state index in [0.717, 1.165) is 6.42 Å². The van der Waals surface area contributed by atoms with E-state index in [4.69, 9.17) is 3.07 Å². The fraction of sp³-hybridized carbons (Fsp3) is 0.955. The molecule has 0 amide bonds. The second-order valence-electron chi connectivity index (χ2n) is 7.84. The first kappa shape index (κ1) is 25.3. The van der Waals surface area contributed by atoms with Gasteiger partial charge in [-0.25, -0.2) is 0 Å². The van der Waals surface area contributed by atoms with Gasteiger partial charge >= 0.3 is 157 Å². The Kier molecular flexibility index (Phi) is 17.9. The molecule has 0 unspecified atom stereocenters. The maximum absolute atomic E-state index is 12.4. The summed E-state index contributed by atoms with van der Waals surface area (Å²) < 4.78 is 9.97. The van der Waals surface area contributed by atoms with Crippen molar-refractivity contribution in [1.29, 1.82) is 0 Å². The molecule has 0 aromatic carbocycles. The maximum atomic E-state index is 12.4. The zero-order chi connectivity index (χ0) is 18.8. The Bertz CT molecular complexity index is 298. The third-order valence-corrected chi connectivity index (χ3v) is 18.8. The van der Waals surface area contributed by atoms with Crippen LogP contribution in [0.15, 0.2) is 0 Å². The molecule has 0 spiro atoms. The summed E-state index contributed by atoms with van der Waals surface area (Å²) in [5, 5.41) is 0. The van der Waals surface area contributed by atoms with Crippen molar-refractivity contribution in [3.63, 3.8) is 0 Å². The number of hydrogen-bond acceptors (Lipinski definition) is 2. The Hall–Kier alpha value is 0.269. The first-order chi connectivity index (χ1) is 12.1. The summed E-state index contributed by atoms with van der Waals surface area (Å²) in [5.74, 6) is 0.136. The van der Waals surface area contributed by atoms with E-state index in [0.29, 0.717) is 6.42 Å². The monoisotopic (exact) mass is 462 g/mol. The molecule has 25 heavy (non-hydrogen) atoms. The quantitative estimate of drug-likeness (QED) is 0.153. The van der Waals surface area contributed by atoms with Crippen molar-refractivity contribution >= 4 is 24.8 Å². The topological polar surface area (TPSA) is 26.3 Å². The Morgan fingerprint density at radius 2 is 1.08 bits per heavy atom. The molecule has 0 aliphatic carbocycles. The molecule has 2 nitrogen and oxygen atoms in total. The number of carbonyl (C=O) groups excluding carboxylic acids is 1. The Morgan fingerprint density at radius 3 is 1.56 bits per heavy atom. The molecule has 0 rings (SSSR count). The van der Waals surface area contributed by atoms with Crippen LogP contribution in [-0.4, -0.2) is 24.8 Å². The van der Waals surface area contributed by atoms with Crippen LogP contribution in [0.4, 0.5) is 0 Å². The number of unbranched alkanes of at least 4 members (excludes halogenated alkanes) is 9. The van der Waals surface area contributed by atoms with Gasteiger partial charge in [0.05, 0.1) is 0 Å². The summed E-state index contributed by atoms with van der Waals surface area (Å²) in [7, 11) is 0. The fourth-order valence-corrected chi connectivity index (χ4v) is 16.5. The van der Waals surface area contributed by atoms with Gasteiger partial charge in [0.25, 0.3) is 0 Å². The van der Waals surface area contributed by atoms with Crippen LogP contribution in [0.2, 0.25) is 13.3 Å². The van der Waals surface area contributed by atoms with Crippen LogP contribution in [0.1, 0.15) is 118 Å².